The van der Waals surface area contributed by atoms with Gasteiger partial charge in [0.15, 0.2) is 0 Å². The number of methoxy groups -OCH3 is 1. The predicted octanol–water partition coefficient (Wildman–Crippen LogP) is 3.81. The van der Waals surface area contributed by atoms with Gasteiger partial charge in [0, 0.05) is 24.1 Å². The highest BCUT2D eigenvalue weighted by atomic mass is 16.5. The van der Waals surface area contributed by atoms with E-state index in [2.05, 4.69) is 15.6 Å². The van der Waals surface area contributed by atoms with Gasteiger partial charge in [-0.2, -0.15) is 0 Å². The Morgan fingerprint density at radius 1 is 1.00 bits per heavy atom. The fraction of sp³-hybridized carbons (Fsp3) is 0.143. The molecule has 0 radical (unpaired) electrons. The van der Waals surface area contributed by atoms with E-state index in [1.165, 1.54) is 0 Å². The van der Waals surface area contributed by atoms with Crippen molar-refractivity contribution in [1.82, 2.24) is 10.3 Å². The van der Waals surface area contributed by atoms with Crippen molar-refractivity contribution in [2.75, 3.05) is 19.0 Å². The molecular formula is C21H21N3O2. The third-order valence-corrected chi connectivity index (χ3v) is 3.89. The summed E-state index contributed by atoms with van der Waals surface area (Å²) in [5.74, 6) is 0.625. The molecular weight excluding hydrogens is 326 g/mol. The number of benzene rings is 2. The van der Waals surface area contributed by atoms with E-state index >= 15 is 0 Å². The number of rotatable bonds is 7. The van der Waals surface area contributed by atoms with Crippen LogP contribution < -0.4 is 15.4 Å². The summed E-state index contributed by atoms with van der Waals surface area (Å²) < 4.78 is 5.21. The molecule has 0 aliphatic rings. The van der Waals surface area contributed by atoms with Gasteiger partial charge in [-0.3, -0.25) is 9.78 Å². The summed E-state index contributed by atoms with van der Waals surface area (Å²) in [6.07, 6.45) is 2.35. The minimum atomic E-state index is -0.190. The van der Waals surface area contributed by atoms with E-state index in [1.807, 2.05) is 60.7 Å². The highest BCUT2D eigenvalue weighted by Crippen LogP contribution is 2.16. The Bertz CT molecular complexity index is 866. The first-order valence-electron chi connectivity index (χ1n) is 8.44. The quantitative estimate of drug-likeness (QED) is 0.682. The van der Waals surface area contributed by atoms with Gasteiger partial charge >= 0.3 is 0 Å². The second kappa shape index (κ2) is 8.67. The molecule has 0 bridgehead atoms. The zero-order chi connectivity index (χ0) is 18.2. The number of carbonyl (C=O) groups excluding carboxylic acids is 1. The second-order valence-corrected chi connectivity index (χ2v) is 5.78. The lowest BCUT2D eigenvalue weighted by Gasteiger charge is -2.09. The minimum absolute atomic E-state index is 0.190. The van der Waals surface area contributed by atoms with Gasteiger partial charge in [0.25, 0.3) is 5.91 Å². The van der Waals surface area contributed by atoms with Crippen LogP contribution in [-0.2, 0) is 6.42 Å². The van der Waals surface area contributed by atoms with Gasteiger partial charge in [0.1, 0.15) is 11.4 Å². The molecule has 1 amide bonds. The first-order valence-corrected chi connectivity index (χ1v) is 8.44. The molecule has 0 saturated heterocycles. The van der Waals surface area contributed by atoms with Crippen molar-refractivity contribution >= 4 is 17.3 Å². The van der Waals surface area contributed by atoms with Crippen molar-refractivity contribution < 1.29 is 9.53 Å². The molecule has 5 nitrogen and oxygen atoms in total. The fourth-order valence-electron chi connectivity index (χ4n) is 2.56. The summed E-state index contributed by atoms with van der Waals surface area (Å²) in [4.78, 5) is 16.5. The van der Waals surface area contributed by atoms with Crippen molar-refractivity contribution in [1.29, 1.82) is 0 Å². The maximum absolute atomic E-state index is 12.3. The predicted molar refractivity (Wildman–Crippen MR) is 103 cm³/mol. The topological polar surface area (TPSA) is 63.2 Å². The summed E-state index contributed by atoms with van der Waals surface area (Å²) >= 11 is 0. The number of carbonyl (C=O) groups is 1. The number of hydrogen-bond donors (Lipinski definition) is 2. The third-order valence-electron chi connectivity index (χ3n) is 3.89. The lowest BCUT2D eigenvalue weighted by atomic mass is 10.1. The van der Waals surface area contributed by atoms with Crippen LogP contribution in [0.4, 0.5) is 11.4 Å². The molecule has 0 spiro atoms. The minimum Gasteiger partial charge on any atom is -0.497 e. The summed E-state index contributed by atoms with van der Waals surface area (Å²) in [6.45, 7) is 0.532. The SMILES string of the molecule is COc1cccc(CCNC(=O)c2cc(Nc3ccccc3)ccn2)c1. The zero-order valence-electron chi connectivity index (χ0n) is 14.6. The highest BCUT2D eigenvalue weighted by molar-refractivity contribution is 5.93. The van der Waals surface area contributed by atoms with Crippen molar-refractivity contribution in [3.8, 4) is 5.75 Å². The number of amides is 1. The summed E-state index contributed by atoms with van der Waals surface area (Å²) in [7, 11) is 1.64. The van der Waals surface area contributed by atoms with E-state index in [0.717, 1.165) is 29.1 Å². The number of anilines is 2. The number of ether oxygens (including phenoxy) is 1. The molecule has 0 atom stereocenters. The second-order valence-electron chi connectivity index (χ2n) is 5.78. The summed E-state index contributed by atoms with van der Waals surface area (Å²) in [5.41, 5.74) is 3.28. The Balaban J connectivity index is 1.56. The Kier molecular flexibility index (Phi) is 5.83. The Labute approximate surface area is 153 Å². The van der Waals surface area contributed by atoms with Crippen LogP contribution in [0, 0.1) is 0 Å². The van der Waals surface area contributed by atoms with Crippen molar-refractivity contribution in [2.24, 2.45) is 0 Å². The molecule has 0 aliphatic carbocycles. The zero-order valence-corrected chi connectivity index (χ0v) is 14.6. The summed E-state index contributed by atoms with van der Waals surface area (Å²) in [5, 5.41) is 6.17. The standard InChI is InChI=1S/C21H21N3O2/c1-26-19-9-5-6-16(14-19)10-12-23-21(25)20-15-18(11-13-22-20)24-17-7-3-2-4-8-17/h2-9,11,13-15H,10,12H2,1H3,(H,22,24)(H,23,25). The van der Waals surface area contributed by atoms with E-state index in [1.54, 1.807) is 19.4 Å². The molecule has 3 aromatic rings. The average molecular weight is 347 g/mol. The molecule has 1 aromatic heterocycles. The number of para-hydroxylation sites is 1. The number of nitrogens with one attached hydrogen (secondary N) is 2. The van der Waals surface area contributed by atoms with Gasteiger partial charge in [-0.25, -0.2) is 0 Å². The van der Waals surface area contributed by atoms with Crippen molar-refractivity contribution in [3.63, 3.8) is 0 Å². The molecule has 2 aromatic carbocycles. The van der Waals surface area contributed by atoms with E-state index in [9.17, 15) is 4.79 Å². The monoisotopic (exact) mass is 347 g/mol. The van der Waals surface area contributed by atoms with Crippen molar-refractivity contribution in [3.05, 3.63) is 84.2 Å². The molecule has 0 aliphatic heterocycles. The number of aromatic nitrogens is 1. The van der Waals surface area contributed by atoms with Gasteiger partial charge in [-0.15, -0.1) is 0 Å². The molecule has 0 fully saturated rings. The fourth-order valence-corrected chi connectivity index (χ4v) is 2.56. The van der Waals surface area contributed by atoms with Crippen LogP contribution in [0.3, 0.4) is 0 Å². The first-order chi connectivity index (χ1) is 12.7. The summed E-state index contributed by atoms with van der Waals surface area (Å²) in [6, 6.07) is 21.2. The lowest BCUT2D eigenvalue weighted by molar-refractivity contribution is 0.0949. The van der Waals surface area contributed by atoms with Crippen LogP contribution in [0.5, 0.6) is 5.75 Å². The average Bonchev–Trinajstić information content (AvgIpc) is 2.69. The van der Waals surface area contributed by atoms with Gasteiger partial charge < -0.3 is 15.4 Å². The maximum Gasteiger partial charge on any atom is 0.269 e. The van der Waals surface area contributed by atoms with Crippen LogP contribution in [0.1, 0.15) is 16.1 Å². The van der Waals surface area contributed by atoms with Gasteiger partial charge in [0.05, 0.1) is 7.11 Å². The molecule has 26 heavy (non-hydrogen) atoms. The first kappa shape index (κ1) is 17.5. The van der Waals surface area contributed by atoms with E-state index in [0.29, 0.717) is 12.2 Å². The van der Waals surface area contributed by atoms with Crippen LogP contribution in [0.2, 0.25) is 0 Å². The van der Waals surface area contributed by atoms with E-state index in [-0.39, 0.29) is 5.91 Å². The van der Waals surface area contributed by atoms with E-state index in [4.69, 9.17) is 4.74 Å². The van der Waals surface area contributed by atoms with Crippen LogP contribution in [-0.4, -0.2) is 24.5 Å². The number of nitrogens with zero attached hydrogens (tertiary/aromatic N) is 1. The Hall–Kier alpha value is -3.34. The largest absolute Gasteiger partial charge is 0.497 e. The Morgan fingerprint density at radius 3 is 2.65 bits per heavy atom. The third kappa shape index (κ3) is 4.83. The van der Waals surface area contributed by atoms with Gasteiger partial charge in [-0.1, -0.05) is 30.3 Å². The number of pyridine rings is 1. The molecule has 0 unspecified atom stereocenters. The smallest absolute Gasteiger partial charge is 0.269 e. The van der Waals surface area contributed by atoms with Crippen LogP contribution in [0.15, 0.2) is 72.9 Å². The lowest BCUT2D eigenvalue weighted by Crippen LogP contribution is -2.26. The molecule has 5 heteroatoms. The van der Waals surface area contributed by atoms with Crippen molar-refractivity contribution in [2.45, 2.75) is 6.42 Å². The van der Waals surface area contributed by atoms with Gasteiger partial charge in [0.2, 0.25) is 0 Å². The molecule has 1 heterocycles. The normalized spacial score (nSPS) is 10.2. The number of hydrogen-bond acceptors (Lipinski definition) is 4. The highest BCUT2D eigenvalue weighted by Gasteiger charge is 2.08. The molecule has 0 saturated carbocycles. The molecule has 3 rings (SSSR count). The van der Waals surface area contributed by atoms with Gasteiger partial charge in [-0.05, 0) is 48.4 Å². The maximum atomic E-state index is 12.3. The molecule has 2 N–H and O–H groups in total. The van der Waals surface area contributed by atoms with Crippen LogP contribution >= 0.6 is 0 Å². The molecule has 132 valence electrons. The van der Waals surface area contributed by atoms with Crippen LogP contribution in [0.25, 0.3) is 0 Å². The Morgan fingerprint density at radius 2 is 1.85 bits per heavy atom. The van der Waals surface area contributed by atoms with E-state index < -0.39 is 0 Å².